The molecule has 0 aliphatic carbocycles. The van der Waals surface area contributed by atoms with Crippen LogP contribution >= 0.6 is 0 Å². The van der Waals surface area contributed by atoms with E-state index in [9.17, 15) is 0 Å². The Labute approximate surface area is 89.7 Å². The van der Waals surface area contributed by atoms with Gasteiger partial charge in [-0.25, -0.2) is 0 Å². The van der Waals surface area contributed by atoms with Gasteiger partial charge in [-0.05, 0) is 44.0 Å². The van der Waals surface area contributed by atoms with Gasteiger partial charge in [-0.1, -0.05) is 12.1 Å². The van der Waals surface area contributed by atoms with E-state index in [0.717, 1.165) is 33.9 Å². The fourth-order valence-corrected chi connectivity index (χ4v) is 1.73. The van der Waals surface area contributed by atoms with Crippen LogP contribution in [-0.2, 0) is 0 Å². The first kappa shape index (κ1) is 9.84. The molecule has 2 rings (SSSR count). The third-order valence-electron chi connectivity index (χ3n) is 2.63. The number of aryl methyl sites for hydroxylation is 3. The number of benzene rings is 1. The van der Waals surface area contributed by atoms with Crippen LogP contribution in [0.25, 0.3) is 11.1 Å². The molecule has 2 aromatic rings. The molecule has 0 radical (unpaired) electrons. The normalized spacial score (nSPS) is 10.6. The smallest absolute Gasteiger partial charge is 0.108 e. The molecular formula is C13H15NO. The molecule has 1 aromatic heterocycles. The minimum atomic E-state index is 0.825. The first-order valence-corrected chi connectivity index (χ1v) is 5.01. The van der Waals surface area contributed by atoms with Crippen molar-refractivity contribution in [1.82, 2.24) is 0 Å². The van der Waals surface area contributed by atoms with Gasteiger partial charge in [0.05, 0.1) is 0 Å². The lowest BCUT2D eigenvalue weighted by Crippen LogP contribution is -1.89. The van der Waals surface area contributed by atoms with Crippen LogP contribution in [-0.4, -0.2) is 0 Å². The van der Waals surface area contributed by atoms with E-state index in [1.165, 1.54) is 0 Å². The molecule has 2 N–H and O–H groups in total. The molecule has 1 aromatic carbocycles. The molecule has 0 unspecified atom stereocenters. The molecule has 1 heterocycles. The van der Waals surface area contributed by atoms with Gasteiger partial charge in [0.25, 0.3) is 0 Å². The van der Waals surface area contributed by atoms with Crippen molar-refractivity contribution >= 4 is 5.69 Å². The summed E-state index contributed by atoms with van der Waals surface area (Å²) in [6.45, 7) is 5.93. The van der Waals surface area contributed by atoms with Crippen LogP contribution in [0.1, 0.15) is 17.1 Å². The van der Waals surface area contributed by atoms with Gasteiger partial charge in [0.15, 0.2) is 0 Å². The summed E-state index contributed by atoms with van der Waals surface area (Å²) in [7, 11) is 0. The largest absolute Gasteiger partial charge is 0.466 e. The van der Waals surface area contributed by atoms with Crippen molar-refractivity contribution < 1.29 is 4.42 Å². The number of rotatable bonds is 1. The molecule has 0 fully saturated rings. The summed E-state index contributed by atoms with van der Waals surface area (Å²) in [6, 6.07) is 8.14. The van der Waals surface area contributed by atoms with Gasteiger partial charge in [-0.3, -0.25) is 0 Å². The lowest BCUT2D eigenvalue weighted by atomic mass is 10.0. The molecule has 0 bridgehead atoms. The van der Waals surface area contributed by atoms with E-state index in [4.69, 9.17) is 10.2 Å². The number of hydrogen-bond acceptors (Lipinski definition) is 2. The highest BCUT2D eigenvalue weighted by molar-refractivity contribution is 5.70. The van der Waals surface area contributed by atoms with E-state index >= 15 is 0 Å². The van der Waals surface area contributed by atoms with Crippen LogP contribution in [0.4, 0.5) is 5.69 Å². The third-order valence-corrected chi connectivity index (χ3v) is 2.63. The quantitative estimate of drug-likeness (QED) is 0.718. The van der Waals surface area contributed by atoms with Crippen molar-refractivity contribution in [3.8, 4) is 11.1 Å². The molecular weight excluding hydrogens is 186 g/mol. The highest BCUT2D eigenvalue weighted by atomic mass is 16.3. The van der Waals surface area contributed by atoms with E-state index in [0.29, 0.717) is 0 Å². The average molecular weight is 201 g/mol. The van der Waals surface area contributed by atoms with Crippen LogP contribution in [0, 0.1) is 20.8 Å². The number of nitrogen functional groups attached to an aromatic ring is 1. The fraction of sp³-hybridized carbons (Fsp3) is 0.231. The first-order chi connectivity index (χ1) is 7.08. The van der Waals surface area contributed by atoms with Gasteiger partial charge >= 0.3 is 0 Å². The Morgan fingerprint density at radius 1 is 1.07 bits per heavy atom. The summed E-state index contributed by atoms with van der Waals surface area (Å²) in [6.07, 6.45) is 0. The molecule has 0 aliphatic heterocycles. The predicted octanol–water partition coefficient (Wildman–Crippen LogP) is 3.45. The zero-order valence-corrected chi connectivity index (χ0v) is 9.29. The Kier molecular flexibility index (Phi) is 2.27. The van der Waals surface area contributed by atoms with Crippen molar-refractivity contribution in [2.45, 2.75) is 20.8 Å². The standard InChI is InChI=1S/C13H15NO/c1-8-4-5-11(7-13(8)14)12-6-9(2)15-10(12)3/h4-7H,14H2,1-3H3. The molecule has 2 heteroatoms. The Hall–Kier alpha value is -1.70. The second kappa shape index (κ2) is 3.46. The van der Waals surface area contributed by atoms with Crippen LogP contribution in [0.15, 0.2) is 28.7 Å². The predicted molar refractivity (Wildman–Crippen MR) is 62.8 cm³/mol. The minimum Gasteiger partial charge on any atom is -0.466 e. The summed E-state index contributed by atoms with van der Waals surface area (Å²) in [4.78, 5) is 0. The second-order valence-electron chi connectivity index (χ2n) is 3.90. The van der Waals surface area contributed by atoms with Crippen molar-refractivity contribution in [3.63, 3.8) is 0 Å². The van der Waals surface area contributed by atoms with Crippen LogP contribution in [0.2, 0.25) is 0 Å². The highest BCUT2D eigenvalue weighted by Crippen LogP contribution is 2.28. The summed E-state index contributed by atoms with van der Waals surface area (Å²) in [5.41, 5.74) is 10.1. The summed E-state index contributed by atoms with van der Waals surface area (Å²) in [5, 5.41) is 0. The number of furan rings is 1. The summed E-state index contributed by atoms with van der Waals surface area (Å²) in [5.74, 6) is 1.87. The molecule has 2 nitrogen and oxygen atoms in total. The van der Waals surface area contributed by atoms with Gasteiger partial charge in [0.2, 0.25) is 0 Å². The summed E-state index contributed by atoms with van der Waals surface area (Å²) < 4.78 is 5.50. The summed E-state index contributed by atoms with van der Waals surface area (Å²) >= 11 is 0. The van der Waals surface area contributed by atoms with Gasteiger partial charge in [-0.2, -0.15) is 0 Å². The zero-order valence-electron chi connectivity index (χ0n) is 9.29. The monoisotopic (exact) mass is 201 g/mol. The van der Waals surface area contributed by atoms with E-state index in [1.54, 1.807) is 0 Å². The third kappa shape index (κ3) is 1.75. The lowest BCUT2D eigenvalue weighted by molar-refractivity contribution is 0.505. The van der Waals surface area contributed by atoms with Crippen LogP contribution in [0.5, 0.6) is 0 Å². The Morgan fingerprint density at radius 2 is 1.80 bits per heavy atom. The molecule has 0 saturated heterocycles. The average Bonchev–Trinajstić information content (AvgIpc) is 2.50. The van der Waals surface area contributed by atoms with Crippen molar-refractivity contribution in [1.29, 1.82) is 0 Å². The SMILES string of the molecule is Cc1cc(-c2ccc(C)c(N)c2)c(C)o1. The van der Waals surface area contributed by atoms with Crippen molar-refractivity contribution in [3.05, 3.63) is 41.3 Å². The maximum Gasteiger partial charge on any atom is 0.108 e. The fourth-order valence-electron chi connectivity index (χ4n) is 1.73. The van der Waals surface area contributed by atoms with Crippen molar-refractivity contribution in [2.75, 3.05) is 5.73 Å². The van der Waals surface area contributed by atoms with E-state index in [2.05, 4.69) is 6.07 Å². The molecule has 0 amide bonds. The number of nitrogens with two attached hydrogens (primary N) is 1. The van der Waals surface area contributed by atoms with Gasteiger partial charge in [-0.15, -0.1) is 0 Å². The minimum absolute atomic E-state index is 0.825. The highest BCUT2D eigenvalue weighted by Gasteiger charge is 2.07. The zero-order chi connectivity index (χ0) is 11.0. The number of anilines is 1. The molecule has 0 atom stereocenters. The van der Waals surface area contributed by atoms with E-state index < -0.39 is 0 Å². The first-order valence-electron chi connectivity index (χ1n) is 5.01. The number of hydrogen-bond donors (Lipinski definition) is 1. The maximum atomic E-state index is 5.88. The van der Waals surface area contributed by atoms with Gasteiger partial charge in [0, 0.05) is 11.3 Å². The van der Waals surface area contributed by atoms with Crippen LogP contribution < -0.4 is 5.73 Å². The molecule has 78 valence electrons. The molecule has 15 heavy (non-hydrogen) atoms. The topological polar surface area (TPSA) is 39.2 Å². The molecule has 0 saturated carbocycles. The Balaban J connectivity index is 2.54. The Morgan fingerprint density at radius 3 is 2.33 bits per heavy atom. The van der Waals surface area contributed by atoms with E-state index in [1.807, 2.05) is 39.0 Å². The Bertz CT molecular complexity index is 497. The second-order valence-corrected chi connectivity index (χ2v) is 3.90. The van der Waals surface area contributed by atoms with Crippen molar-refractivity contribution in [2.24, 2.45) is 0 Å². The lowest BCUT2D eigenvalue weighted by Gasteiger charge is -2.03. The molecule has 0 spiro atoms. The molecule has 0 aliphatic rings. The van der Waals surface area contributed by atoms with E-state index in [-0.39, 0.29) is 0 Å². The van der Waals surface area contributed by atoms with Gasteiger partial charge < -0.3 is 10.2 Å². The van der Waals surface area contributed by atoms with Crippen LogP contribution in [0.3, 0.4) is 0 Å². The maximum absolute atomic E-state index is 5.88. The van der Waals surface area contributed by atoms with Gasteiger partial charge in [0.1, 0.15) is 11.5 Å².